The van der Waals surface area contributed by atoms with Gasteiger partial charge >= 0.3 is 5.51 Å². The molecule has 0 bridgehead atoms. The van der Waals surface area contributed by atoms with Crippen molar-refractivity contribution in [1.29, 1.82) is 0 Å². The summed E-state index contributed by atoms with van der Waals surface area (Å²) in [5.41, 5.74) is -1.82. The molecule has 1 saturated heterocycles. The third-order valence-electron chi connectivity index (χ3n) is 5.83. The summed E-state index contributed by atoms with van der Waals surface area (Å²) in [6, 6.07) is 8.21. The summed E-state index contributed by atoms with van der Waals surface area (Å²) in [4.78, 5) is 23.3. The molecule has 1 aromatic heterocycles. The van der Waals surface area contributed by atoms with Crippen molar-refractivity contribution in [1.82, 2.24) is 14.8 Å². The van der Waals surface area contributed by atoms with Gasteiger partial charge < -0.3 is 20.0 Å². The lowest BCUT2D eigenvalue weighted by atomic mass is 9.96. The number of nitrogens with zero attached hydrogens (tertiary/aromatic N) is 4. The standard InChI is InChI=1S/C23H26F3N5OS/c1-29-10-7-17(8-11-29)22(32)28-21-14-27-9-6-18(21)15-30-12-13-31(16-30)19-2-4-20(5-3-19)33-23(24,25)26/h2-6,9,12-14,17H,7-8,10-11,15-16H2,1H3,(H,28,32). The average molecular weight is 478 g/mol. The molecule has 6 nitrogen and oxygen atoms in total. The molecule has 2 aliphatic heterocycles. The summed E-state index contributed by atoms with van der Waals surface area (Å²) in [5, 5.41) is 3.06. The number of likely N-dealkylation sites (tertiary alicyclic amines) is 1. The number of carbonyl (C=O) groups is 1. The van der Waals surface area contributed by atoms with Gasteiger partial charge in [0.15, 0.2) is 0 Å². The summed E-state index contributed by atoms with van der Waals surface area (Å²) in [7, 11) is 2.07. The summed E-state index contributed by atoms with van der Waals surface area (Å²) in [6.45, 7) is 2.96. The van der Waals surface area contributed by atoms with Gasteiger partial charge in [-0.3, -0.25) is 9.78 Å². The van der Waals surface area contributed by atoms with Gasteiger partial charge in [0, 0.05) is 41.6 Å². The molecular formula is C23H26F3N5OS. The Bertz CT molecular complexity index is 990. The van der Waals surface area contributed by atoms with Crippen molar-refractivity contribution in [2.45, 2.75) is 29.8 Å². The topological polar surface area (TPSA) is 51.7 Å². The van der Waals surface area contributed by atoms with Crippen molar-refractivity contribution < 1.29 is 18.0 Å². The van der Waals surface area contributed by atoms with E-state index in [1.54, 1.807) is 24.5 Å². The van der Waals surface area contributed by atoms with Crippen LogP contribution >= 0.6 is 11.8 Å². The molecule has 1 amide bonds. The van der Waals surface area contributed by atoms with Crippen molar-refractivity contribution in [3.8, 4) is 0 Å². The lowest BCUT2D eigenvalue weighted by molar-refractivity contribution is -0.121. The van der Waals surface area contributed by atoms with Crippen LogP contribution in [0.15, 0.2) is 60.0 Å². The fraction of sp³-hybridized carbons (Fsp3) is 0.391. The zero-order valence-electron chi connectivity index (χ0n) is 18.3. The van der Waals surface area contributed by atoms with E-state index in [1.165, 1.54) is 12.1 Å². The predicted octanol–water partition coefficient (Wildman–Crippen LogP) is 4.72. The SMILES string of the molecule is CN1CCC(C(=O)Nc2cnccc2CN2C=CN(c3ccc(SC(F)(F)F)cc3)C2)CC1. The second kappa shape index (κ2) is 10.0. The maximum Gasteiger partial charge on any atom is 0.446 e. The average Bonchev–Trinajstić information content (AvgIpc) is 3.23. The van der Waals surface area contributed by atoms with Gasteiger partial charge in [-0.15, -0.1) is 0 Å². The Balaban J connectivity index is 1.35. The smallest absolute Gasteiger partial charge is 0.354 e. The largest absolute Gasteiger partial charge is 0.446 e. The van der Waals surface area contributed by atoms with Crippen molar-refractivity contribution in [3.63, 3.8) is 0 Å². The number of nitrogens with one attached hydrogen (secondary N) is 1. The number of amides is 1. The molecule has 1 fully saturated rings. The molecule has 1 aromatic carbocycles. The normalized spacial score (nSPS) is 17.6. The number of rotatable bonds is 6. The van der Waals surface area contributed by atoms with Gasteiger partial charge in [-0.2, -0.15) is 13.2 Å². The predicted molar refractivity (Wildman–Crippen MR) is 123 cm³/mol. The zero-order valence-corrected chi connectivity index (χ0v) is 19.1. The van der Waals surface area contributed by atoms with Crippen LogP contribution in [0.5, 0.6) is 0 Å². The first-order valence-electron chi connectivity index (χ1n) is 10.7. The first-order valence-corrected chi connectivity index (χ1v) is 11.6. The molecule has 3 heterocycles. The number of piperidine rings is 1. The van der Waals surface area contributed by atoms with Gasteiger partial charge in [0.25, 0.3) is 0 Å². The van der Waals surface area contributed by atoms with Crippen LogP contribution in [0.25, 0.3) is 0 Å². The molecule has 0 saturated carbocycles. The van der Waals surface area contributed by atoms with Crippen molar-refractivity contribution in [3.05, 3.63) is 60.7 Å². The first-order chi connectivity index (χ1) is 15.8. The number of halogens is 3. The molecule has 4 rings (SSSR count). The Morgan fingerprint density at radius 1 is 1.15 bits per heavy atom. The summed E-state index contributed by atoms with van der Waals surface area (Å²) >= 11 is -0.119. The van der Waals surface area contributed by atoms with Gasteiger partial charge in [0.05, 0.1) is 18.6 Å². The highest BCUT2D eigenvalue weighted by atomic mass is 32.2. The number of pyridine rings is 1. The van der Waals surface area contributed by atoms with E-state index in [9.17, 15) is 18.0 Å². The van der Waals surface area contributed by atoms with E-state index >= 15 is 0 Å². The summed E-state index contributed by atoms with van der Waals surface area (Å²) in [5.74, 6) is 0.0441. The highest BCUT2D eigenvalue weighted by molar-refractivity contribution is 8.00. The molecule has 2 aromatic rings. The van der Waals surface area contributed by atoms with Gasteiger partial charge in [-0.25, -0.2) is 0 Å². The highest BCUT2D eigenvalue weighted by Crippen LogP contribution is 2.37. The van der Waals surface area contributed by atoms with Crippen LogP contribution < -0.4 is 10.2 Å². The van der Waals surface area contributed by atoms with Crippen LogP contribution in [-0.4, -0.2) is 53.0 Å². The zero-order chi connectivity index (χ0) is 23.4. The van der Waals surface area contributed by atoms with Crippen LogP contribution in [0.1, 0.15) is 18.4 Å². The maximum absolute atomic E-state index is 12.7. The molecule has 176 valence electrons. The molecule has 0 radical (unpaired) electrons. The van der Waals surface area contributed by atoms with E-state index < -0.39 is 5.51 Å². The Hall–Kier alpha value is -2.72. The van der Waals surface area contributed by atoms with Crippen molar-refractivity contribution in [2.75, 3.05) is 37.0 Å². The van der Waals surface area contributed by atoms with E-state index in [4.69, 9.17) is 0 Å². The van der Waals surface area contributed by atoms with Gasteiger partial charge in [0.1, 0.15) is 0 Å². The Labute approximate surface area is 195 Å². The van der Waals surface area contributed by atoms with E-state index in [-0.39, 0.29) is 28.5 Å². The van der Waals surface area contributed by atoms with Crippen LogP contribution in [0.2, 0.25) is 0 Å². The second-order valence-electron chi connectivity index (χ2n) is 8.30. The number of anilines is 2. The molecular weight excluding hydrogens is 451 g/mol. The van der Waals surface area contributed by atoms with Gasteiger partial charge in [0.2, 0.25) is 5.91 Å². The van der Waals surface area contributed by atoms with Gasteiger partial charge in [-0.1, -0.05) is 0 Å². The van der Waals surface area contributed by atoms with Crippen LogP contribution in [0.3, 0.4) is 0 Å². The molecule has 0 atom stereocenters. The molecule has 0 spiro atoms. The molecule has 10 heteroatoms. The number of benzene rings is 1. The van der Waals surface area contributed by atoms with Crippen LogP contribution in [0, 0.1) is 5.92 Å². The molecule has 0 unspecified atom stereocenters. The monoisotopic (exact) mass is 477 g/mol. The van der Waals surface area contributed by atoms with Crippen LogP contribution in [0.4, 0.5) is 24.5 Å². The number of thioether (sulfide) groups is 1. The quantitative estimate of drug-likeness (QED) is 0.608. The third kappa shape index (κ3) is 6.42. The fourth-order valence-corrected chi connectivity index (χ4v) is 4.51. The van der Waals surface area contributed by atoms with E-state index in [0.29, 0.717) is 18.9 Å². The molecule has 0 aliphatic carbocycles. The number of carbonyl (C=O) groups excluding carboxylic acids is 1. The highest BCUT2D eigenvalue weighted by Gasteiger charge is 2.29. The number of aromatic nitrogens is 1. The number of hydrogen-bond donors (Lipinski definition) is 1. The van der Waals surface area contributed by atoms with Crippen molar-refractivity contribution >= 4 is 29.0 Å². The summed E-state index contributed by atoms with van der Waals surface area (Å²) in [6.07, 6.45) is 8.90. The second-order valence-corrected chi connectivity index (χ2v) is 9.44. The van der Waals surface area contributed by atoms with Crippen molar-refractivity contribution in [2.24, 2.45) is 5.92 Å². The lowest BCUT2D eigenvalue weighted by Gasteiger charge is -2.28. The molecule has 33 heavy (non-hydrogen) atoms. The van der Waals surface area contributed by atoms with Crippen LogP contribution in [-0.2, 0) is 11.3 Å². The molecule has 1 N–H and O–H groups in total. The third-order valence-corrected chi connectivity index (χ3v) is 6.56. The fourth-order valence-electron chi connectivity index (χ4n) is 3.97. The Morgan fingerprint density at radius 2 is 1.88 bits per heavy atom. The van der Waals surface area contributed by atoms with E-state index in [2.05, 4.69) is 27.1 Å². The first kappa shape index (κ1) is 23.4. The Morgan fingerprint density at radius 3 is 2.58 bits per heavy atom. The minimum absolute atomic E-state index is 0.00918. The van der Waals surface area contributed by atoms with E-state index in [0.717, 1.165) is 37.2 Å². The number of hydrogen-bond acceptors (Lipinski definition) is 6. The number of alkyl halides is 3. The lowest BCUT2D eigenvalue weighted by Crippen LogP contribution is -2.36. The maximum atomic E-state index is 12.7. The summed E-state index contributed by atoms with van der Waals surface area (Å²) < 4.78 is 37.6. The Kier molecular flexibility index (Phi) is 7.14. The van der Waals surface area contributed by atoms with Gasteiger partial charge in [-0.05, 0) is 80.6 Å². The minimum atomic E-state index is -4.29. The molecule has 2 aliphatic rings. The minimum Gasteiger partial charge on any atom is -0.354 e. The van der Waals surface area contributed by atoms with E-state index in [1.807, 2.05) is 23.4 Å².